The van der Waals surface area contributed by atoms with Crippen molar-refractivity contribution in [2.75, 3.05) is 11.3 Å². The lowest BCUT2D eigenvalue weighted by Crippen LogP contribution is -2.14. The highest BCUT2D eigenvalue weighted by molar-refractivity contribution is 7.92. The van der Waals surface area contributed by atoms with Gasteiger partial charge in [0.05, 0.1) is 17.2 Å². The fourth-order valence-electron chi connectivity index (χ4n) is 1.96. The Morgan fingerprint density at radius 2 is 1.86 bits per heavy atom. The summed E-state index contributed by atoms with van der Waals surface area (Å²) in [5.74, 6) is -1.15. The molecule has 118 valence electrons. The summed E-state index contributed by atoms with van der Waals surface area (Å²) in [5, 5.41) is 0. The first-order chi connectivity index (χ1) is 10.3. The molecule has 0 fully saturated rings. The van der Waals surface area contributed by atoms with E-state index in [0.29, 0.717) is 6.61 Å². The van der Waals surface area contributed by atoms with Crippen LogP contribution in [0.4, 0.5) is 14.5 Å². The molecule has 2 aromatic rings. The molecular weight excluding hydrogens is 312 g/mol. The van der Waals surface area contributed by atoms with Crippen molar-refractivity contribution >= 4 is 15.7 Å². The largest absolute Gasteiger partial charge is 0.491 e. The van der Waals surface area contributed by atoms with E-state index < -0.39 is 21.7 Å². The summed E-state index contributed by atoms with van der Waals surface area (Å²) in [6.45, 7) is 3.50. The van der Waals surface area contributed by atoms with Crippen LogP contribution in [-0.2, 0) is 10.0 Å². The van der Waals surface area contributed by atoms with Crippen LogP contribution in [0.1, 0.15) is 12.5 Å². The smallest absolute Gasteiger partial charge is 0.262 e. The van der Waals surface area contributed by atoms with E-state index in [9.17, 15) is 17.2 Å². The van der Waals surface area contributed by atoms with Crippen LogP contribution in [0.15, 0.2) is 41.3 Å². The molecule has 2 aromatic carbocycles. The van der Waals surface area contributed by atoms with Gasteiger partial charge < -0.3 is 4.74 Å². The van der Waals surface area contributed by atoms with Crippen LogP contribution >= 0.6 is 0 Å². The van der Waals surface area contributed by atoms with Gasteiger partial charge in [0.25, 0.3) is 10.0 Å². The van der Waals surface area contributed by atoms with E-state index in [4.69, 9.17) is 4.74 Å². The van der Waals surface area contributed by atoms with Crippen molar-refractivity contribution in [2.45, 2.75) is 18.7 Å². The Morgan fingerprint density at radius 3 is 2.45 bits per heavy atom. The number of nitrogens with one attached hydrogen (secondary N) is 1. The van der Waals surface area contributed by atoms with Crippen LogP contribution in [0, 0.1) is 18.6 Å². The second-order valence-corrected chi connectivity index (χ2v) is 6.24. The second kappa shape index (κ2) is 6.31. The highest BCUT2D eigenvalue weighted by Gasteiger charge is 2.18. The van der Waals surface area contributed by atoms with Gasteiger partial charge in [-0.15, -0.1) is 0 Å². The number of hydrogen-bond acceptors (Lipinski definition) is 3. The van der Waals surface area contributed by atoms with E-state index in [1.807, 2.05) is 0 Å². The topological polar surface area (TPSA) is 55.4 Å². The van der Waals surface area contributed by atoms with Gasteiger partial charge in [0, 0.05) is 6.07 Å². The molecule has 0 atom stereocenters. The summed E-state index contributed by atoms with van der Waals surface area (Å²) >= 11 is 0. The second-order valence-electron chi connectivity index (χ2n) is 4.59. The lowest BCUT2D eigenvalue weighted by Gasteiger charge is -2.11. The van der Waals surface area contributed by atoms with Crippen molar-refractivity contribution in [3.8, 4) is 5.75 Å². The van der Waals surface area contributed by atoms with Gasteiger partial charge in [0.15, 0.2) is 11.6 Å². The summed E-state index contributed by atoms with van der Waals surface area (Å²) in [5.41, 5.74) is 0.323. The van der Waals surface area contributed by atoms with Crippen LogP contribution in [0.5, 0.6) is 5.75 Å². The van der Waals surface area contributed by atoms with Gasteiger partial charge in [-0.1, -0.05) is 0 Å². The molecule has 22 heavy (non-hydrogen) atoms. The van der Waals surface area contributed by atoms with E-state index in [0.717, 1.165) is 24.3 Å². The van der Waals surface area contributed by atoms with E-state index in [1.54, 1.807) is 6.92 Å². The molecule has 1 N–H and O–H groups in total. The third-order valence-corrected chi connectivity index (χ3v) is 4.45. The van der Waals surface area contributed by atoms with Gasteiger partial charge in [0.2, 0.25) is 0 Å². The molecule has 0 aliphatic heterocycles. The van der Waals surface area contributed by atoms with Crippen molar-refractivity contribution < 1.29 is 21.9 Å². The molecule has 0 aromatic heterocycles. The minimum absolute atomic E-state index is 0.0448. The first kappa shape index (κ1) is 16.2. The zero-order valence-electron chi connectivity index (χ0n) is 12.1. The average molecular weight is 327 g/mol. The van der Waals surface area contributed by atoms with E-state index in [1.165, 1.54) is 19.1 Å². The number of ether oxygens (including phenoxy) is 1. The Labute approximate surface area is 127 Å². The molecule has 0 radical (unpaired) electrons. The van der Waals surface area contributed by atoms with Gasteiger partial charge in [-0.2, -0.15) is 0 Å². The number of sulfonamides is 1. The highest BCUT2D eigenvalue weighted by atomic mass is 32.2. The number of anilines is 1. The Morgan fingerprint density at radius 1 is 1.14 bits per heavy atom. The maximum Gasteiger partial charge on any atom is 0.262 e. The fraction of sp³-hybridized carbons (Fsp3) is 0.200. The predicted molar refractivity (Wildman–Crippen MR) is 79.5 cm³/mol. The molecule has 0 spiro atoms. The first-order valence-electron chi connectivity index (χ1n) is 6.55. The molecule has 0 amide bonds. The number of hydrogen-bond donors (Lipinski definition) is 1. The highest BCUT2D eigenvalue weighted by Crippen LogP contribution is 2.24. The number of benzene rings is 2. The monoisotopic (exact) mass is 327 g/mol. The molecule has 0 heterocycles. The van der Waals surface area contributed by atoms with Gasteiger partial charge in [-0.25, -0.2) is 17.2 Å². The Bertz CT molecular complexity index is 791. The Hall–Kier alpha value is -2.15. The number of halogens is 2. The van der Waals surface area contributed by atoms with Gasteiger partial charge >= 0.3 is 0 Å². The van der Waals surface area contributed by atoms with Crippen LogP contribution in [0.2, 0.25) is 0 Å². The van der Waals surface area contributed by atoms with Crippen LogP contribution in [-0.4, -0.2) is 15.0 Å². The molecular formula is C15H15F2NO3S. The van der Waals surface area contributed by atoms with Crippen molar-refractivity contribution in [1.29, 1.82) is 0 Å². The zero-order chi connectivity index (χ0) is 16.3. The van der Waals surface area contributed by atoms with E-state index in [-0.39, 0.29) is 21.9 Å². The quantitative estimate of drug-likeness (QED) is 0.915. The van der Waals surface area contributed by atoms with Gasteiger partial charge in [0.1, 0.15) is 5.82 Å². The SMILES string of the molecule is CCOc1ccc(NS(=O)(=O)c2ccc(F)cc2C)cc1F. The number of rotatable bonds is 5. The minimum atomic E-state index is -3.93. The molecule has 2 rings (SSSR count). The molecule has 0 saturated carbocycles. The lowest BCUT2D eigenvalue weighted by molar-refractivity contribution is 0.321. The van der Waals surface area contributed by atoms with Crippen molar-refractivity contribution in [1.82, 2.24) is 0 Å². The summed E-state index contributed by atoms with van der Waals surface area (Å²) in [4.78, 5) is -0.0665. The Balaban J connectivity index is 2.31. The van der Waals surface area contributed by atoms with Crippen molar-refractivity contribution in [3.63, 3.8) is 0 Å². The van der Waals surface area contributed by atoms with Crippen LogP contribution in [0.3, 0.4) is 0 Å². The minimum Gasteiger partial charge on any atom is -0.491 e. The fourth-order valence-corrected chi connectivity index (χ4v) is 3.24. The molecule has 0 aliphatic rings. The average Bonchev–Trinajstić information content (AvgIpc) is 2.41. The maximum atomic E-state index is 13.7. The summed E-state index contributed by atoms with van der Waals surface area (Å²) < 4.78 is 58.6. The zero-order valence-corrected chi connectivity index (χ0v) is 12.9. The van der Waals surface area contributed by atoms with Crippen LogP contribution < -0.4 is 9.46 Å². The van der Waals surface area contributed by atoms with Crippen molar-refractivity contribution in [3.05, 3.63) is 53.6 Å². The standard InChI is InChI=1S/C15H15F2NO3S/c1-3-21-14-6-5-12(9-13(14)17)18-22(19,20)15-7-4-11(16)8-10(15)2/h4-9,18H,3H2,1-2H3. The molecule has 0 unspecified atom stereocenters. The van der Waals surface area contributed by atoms with Gasteiger partial charge in [-0.05, 0) is 49.7 Å². The third kappa shape index (κ3) is 3.54. The summed E-state index contributed by atoms with van der Waals surface area (Å²) in [6, 6.07) is 7.10. The third-order valence-electron chi connectivity index (χ3n) is 2.91. The molecule has 0 saturated heterocycles. The molecule has 4 nitrogen and oxygen atoms in total. The first-order valence-corrected chi connectivity index (χ1v) is 8.03. The molecule has 0 bridgehead atoms. The predicted octanol–water partition coefficient (Wildman–Crippen LogP) is 3.47. The molecule has 0 aliphatic carbocycles. The summed E-state index contributed by atoms with van der Waals surface area (Å²) in [6.07, 6.45) is 0. The Kier molecular flexibility index (Phi) is 4.65. The number of aryl methyl sites for hydroxylation is 1. The van der Waals surface area contributed by atoms with Crippen LogP contribution in [0.25, 0.3) is 0 Å². The molecule has 7 heteroatoms. The van der Waals surface area contributed by atoms with E-state index >= 15 is 0 Å². The summed E-state index contributed by atoms with van der Waals surface area (Å²) in [7, 11) is -3.93. The van der Waals surface area contributed by atoms with Crippen molar-refractivity contribution in [2.24, 2.45) is 0 Å². The lowest BCUT2D eigenvalue weighted by atomic mass is 10.2. The maximum absolute atomic E-state index is 13.7. The van der Waals surface area contributed by atoms with E-state index in [2.05, 4.69) is 4.72 Å². The van der Waals surface area contributed by atoms with Gasteiger partial charge in [-0.3, -0.25) is 4.72 Å². The normalized spacial score (nSPS) is 11.3.